The predicted molar refractivity (Wildman–Crippen MR) is 79.2 cm³/mol. The van der Waals surface area contributed by atoms with Crippen LogP contribution in [0.5, 0.6) is 0 Å². The Balaban J connectivity index is 1.98. The molecule has 4 nitrogen and oxygen atoms in total. The molecule has 2 heterocycles. The van der Waals surface area contributed by atoms with Crippen LogP contribution in [0.25, 0.3) is 0 Å². The Morgan fingerprint density at radius 3 is 2.89 bits per heavy atom. The standard InChI is InChI=1S/C15H26N4/c1-4-6-16-8-14-9-17-10-15(18-14)19-7-5-12(2)13(3)11-19/h9-10,12-13,16H,4-8,11H2,1-3H3. The molecule has 19 heavy (non-hydrogen) atoms. The highest BCUT2D eigenvalue weighted by molar-refractivity contribution is 5.37. The van der Waals surface area contributed by atoms with Gasteiger partial charge in [-0.25, -0.2) is 4.98 Å². The molecule has 1 saturated heterocycles. The van der Waals surface area contributed by atoms with Crippen molar-refractivity contribution in [2.45, 2.75) is 40.2 Å². The van der Waals surface area contributed by atoms with Crippen LogP contribution in [0.15, 0.2) is 12.4 Å². The number of nitrogens with one attached hydrogen (secondary N) is 1. The van der Waals surface area contributed by atoms with Crippen LogP contribution >= 0.6 is 0 Å². The predicted octanol–water partition coefficient (Wildman–Crippen LogP) is 2.46. The summed E-state index contributed by atoms with van der Waals surface area (Å²) in [5.41, 5.74) is 1.04. The Morgan fingerprint density at radius 1 is 1.32 bits per heavy atom. The second-order valence-corrected chi connectivity index (χ2v) is 5.73. The number of hydrogen-bond donors (Lipinski definition) is 1. The summed E-state index contributed by atoms with van der Waals surface area (Å²) in [6, 6.07) is 0. The lowest BCUT2D eigenvalue weighted by Gasteiger charge is -2.35. The maximum atomic E-state index is 4.73. The Morgan fingerprint density at radius 2 is 2.16 bits per heavy atom. The van der Waals surface area contributed by atoms with Gasteiger partial charge in [0.2, 0.25) is 0 Å². The summed E-state index contributed by atoms with van der Waals surface area (Å²) in [6.45, 7) is 10.9. The van der Waals surface area contributed by atoms with E-state index in [0.29, 0.717) is 0 Å². The average molecular weight is 262 g/mol. The highest BCUT2D eigenvalue weighted by Crippen LogP contribution is 2.25. The fraction of sp³-hybridized carbons (Fsp3) is 0.733. The molecule has 2 atom stereocenters. The number of piperidine rings is 1. The highest BCUT2D eigenvalue weighted by Gasteiger charge is 2.23. The zero-order valence-electron chi connectivity index (χ0n) is 12.4. The van der Waals surface area contributed by atoms with Gasteiger partial charge < -0.3 is 10.2 Å². The smallest absolute Gasteiger partial charge is 0.147 e. The molecule has 0 saturated carbocycles. The molecule has 2 rings (SSSR count). The number of hydrogen-bond acceptors (Lipinski definition) is 4. The first-order chi connectivity index (χ1) is 9.20. The first-order valence-electron chi connectivity index (χ1n) is 7.47. The van der Waals surface area contributed by atoms with Crippen molar-refractivity contribution in [3.63, 3.8) is 0 Å². The molecule has 1 aliphatic heterocycles. The van der Waals surface area contributed by atoms with Crippen molar-refractivity contribution in [1.82, 2.24) is 15.3 Å². The molecule has 106 valence electrons. The van der Waals surface area contributed by atoms with E-state index in [-0.39, 0.29) is 0 Å². The zero-order valence-corrected chi connectivity index (χ0v) is 12.4. The summed E-state index contributed by atoms with van der Waals surface area (Å²) in [4.78, 5) is 11.4. The molecule has 0 radical (unpaired) electrons. The lowest BCUT2D eigenvalue weighted by molar-refractivity contribution is 0.322. The van der Waals surface area contributed by atoms with Crippen LogP contribution in [0.1, 0.15) is 39.3 Å². The van der Waals surface area contributed by atoms with Gasteiger partial charge in [0, 0.05) is 25.8 Å². The van der Waals surface area contributed by atoms with Crippen LogP contribution in [0.3, 0.4) is 0 Å². The van der Waals surface area contributed by atoms with Gasteiger partial charge in [0.1, 0.15) is 5.82 Å². The largest absolute Gasteiger partial charge is 0.355 e. The molecule has 1 aromatic heterocycles. The van der Waals surface area contributed by atoms with Crippen molar-refractivity contribution in [2.75, 3.05) is 24.5 Å². The zero-order chi connectivity index (χ0) is 13.7. The van der Waals surface area contributed by atoms with Crippen LogP contribution in [-0.4, -0.2) is 29.6 Å². The topological polar surface area (TPSA) is 41.1 Å². The Kier molecular flexibility index (Phi) is 5.14. The summed E-state index contributed by atoms with van der Waals surface area (Å²) >= 11 is 0. The second kappa shape index (κ2) is 6.85. The third-order valence-corrected chi connectivity index (χ3v) is 4.06. The molecular formula is C15H26N4. The van der Waals surface area contributed by atoms with E-state index in [0.717, 1.165) is 55.9 Å². The van der Waals surface area contributed by atoms with E-state index in [1.54, 1.807) is 0 Å². The van der Waals surface area contributed by atoms with Gasteiger partial charge >= 0.3 is 0 Å². The molecule has 0 spiro atoms. The minimum Gasteiger partial charge on any atom is -0.355 e. The van der Waals surface area contributed by atoms with E-state index in [1.807, 2.05) is 12.4 Å². The van der Waals surface area contributed by atoms with Gasteiger partial charge in [0.05, 0.1) is 11.9 Å². The summed E-state index contributed by atoms with van der Waals surface area (Å²) in [5.74, 6) is 2.59. The average Bonchev–Trinajstić information content (AvgIpc) is 2.43. The van der Waals surface area contributed by atoms with Crippen LogP contribution in [0, 0.1) is 11.8 Å². The normalized spacial score (nSPS) is 23.6. The van der Waals surface area contributed by atoms with Gasteiger partial charge in [0.25, 0.3) is 0 Å². The van der Waals surface area contributed by atoms with E-state index in [4.69, 9.17) is 4.98 Å². The minimum absolute atomic E-state index is 0.734. The fourth-order valence-electron chi connectivity index (χ4n) is 2.50. The molecule has 1 aliphatic rings. The van der Waals surface area contributed by atoms with E-state index in [1.165, 1.54) is 6.42 Å². The summed E-state index contributed by atoms with van der Waals surface area (Å²) in [7, 11) is 0. The van der Waals surface area contributed by atoms with Crippen molar-refractivity contribution in [2.24, 2.45) is 11.8 Å². The van der Waals surface area contributed by atoms with Crippen LogP contribution in [-0.2, 0) is 6.54 Å². The van der Waals surface area contributed by atoms with E-state index >= 15 is 0 Å². The van der Waals surface area contributed by atoms with Gasteiger partial charge in [-0.3, -0.25) is 4.98 Å². The molecule has 1 fully saturated rings. The molecule has 1 N–H and O–H groups in total. The van der Waals surface area contributed by atoms with Crippen molar-refractivity contribution in [3.05, 3.63) is 18.1 Å². The summed E-state index contributed by atoms with van der Waals surface area (Å²) in [5, 5.41) is 3.38. The third-order valence-electron chi connectivity index (χ3n) is 4.06. The van der Waals surface area contributed by atoms with Gasteiger partial charge in [-0.15, -0.1) is 0 Å². The van der Waals surface area contributed by atoms with E-state index < -0.39 is 0 Å². The first-order valence-corrected chi connectivity index (χ1v) is 7.47. The number of nitrogens with zero attached hydrogens (tertiary/aromatic N) is 3. The third kappa shape index (κ3) is 3.90. The molecule has 0 aromatic carbocycles. The van der Waals surface area contributed by atoms with Crippen molar-refractivity contribution < 1.29 is 0 Å². The summed E-state index contributed by atoms with van der Waals surface area (Å²) in [6.07, 6.45) is 6.16. The quantitative estimate of drug-likeness (QED) is 0.828. The van der Waals surface area contributed by atoms with Gasteiger partial charge in [0.15, 0.2) is 0 Å². The Hall–Kier alpha value is -1.16. The molecule has 0 amide bonds. The van der Waals surface area contributed by atoms with E-state index in [2.05, 4.69) is 36.0 Å². The maximum Gasteiger partial charge on any atom is 0.147 e. The highest BCUT2D eigenvalue weighted by atomic mass is 15.2. The second-order valence-electron chi connectivity index (χ2n) is 5.73. The summed E-state index contributed by atoms with van der Waals surface area (Å²) < 4.78 is 0. The lowest BCUT2D eigenvalue weighted by atomic mass is 9.89. The van der Waals surface area contributed by atoms with Crippen LogP contribution < -0.4 is 10.2 Å². The molecule has 1 aromatic rings. The molecule has 2 unspecified atom stereocenters. The van der Waals surface area contributed by atoms with Gasteiger partial charge in [-0.05, 0) is 31.2 Å². The van der Waals surface area contributed by atoms with Crippen molar-refractivity contribution in [1.29, 1.82) is 0 Å². The fourth-order valence-corrected chi connectivity index (χ4v) is 2.50. The van der Waals surface area contributed by atoms with Crippen LogP contribution in [0.4, 0.5) is 5.82 Å². The number of anilines is 1. The van der Waals surface area contributed by atoms with Gasteiger partial charge in [-0.2, -0.15) is 0 Å². The van der Waals surface area contributed by atoms with Crippen molar-refractivity contribution >= 4 is 5.82 Å². The first kappa shape index (κ1) is 14.3. The Bertz CT molecular complexity index is 393. The molecule has 0 bridgehead atoms. The Labute approximate surface area is 116 Å². The number of aromatic nitrogens is 2. The minimum atomic E-state index is 0.734. The molecule has 0 aliphatic carbocycles. The lowest BCUT2D eigenvalue weighted by Crippen LogP contribution is -2.39. The number of rotatable bonds is 5. The van der Waals surface area contributed by atoms with Crippen LogP contribution in [0.2, 0.25) is 0 Å². The molecular weight excluding hydrogens is 236 g/mol. The van der Waals surface area contributed by atoms with E-state index in [9.17, 15) is 0 Å². The monoisotopic (exact) mass is 262 g/mol. The molecule has 4 heteroatoms. The SMILES string of the molecule is CCCNCc1cncc(N2CCC(C)C(C)C2)n1. The van der Waals surface area contributed by atoms with Crippen molar-refractivity contribution in [3.8, 4) is 0 Å². The van der Waals surface area contributed by atoms with Gasteiger partial charge in [-0.1, -0.05) is 20.8 Å². The maximum absolute atomic E-state index is 4.73.